The second-order valence-corrected chi connectivity index (χ2v) is 4.01. The first-order valence-corrected chi connectivity index (χ1v) is 5.13. The molecule has 0 saturated heterocycles. The van der Waals surface area contributed by atoms with Crippen molar-refractivity contribution in [2.45, 2.75) is 13.1 Å². The summed E-state index contributed by atoms with van der Waals surface area (Å²) < 4.78 is 41.1. The van der Waals surface area contributed by atoms with Gasteiger partial charge in [0.2, 0.25) is 0 Å². The van der Waals surface area contributed by atoms with Crippen LogP contribution in [0.2, 0.25) is 0 Å². The van der Waals surface area contributed by atoms with Crippen molar-refractivity contribution >= 4 is 22.1 Å². The Morgan fingerprint density at radius 2 is 2.06 bits per heavy atom. The summed E-state index contributed by atoms with van der Waals surface area (Å²) in [6, 6.07) is 3.29. The molecule has 16 heavy (non-hydrogen) atoms. The van der Waals surface area contributed by atoms with E-state index in [1.54, 1.807) is 19.1 Å². The van der Waals surface area contributed by atoms with E-state index in [1.165, 1.54) is 0 Å². The van der Waals surface area contributed by atoms with Crippen LogP contribution in [0.3, 0.4) is 0 Å². The largest absolute Gasteiger partial charge is 0.482 e. The van der Waals surface area contributed by atoms with Crippen LogP contribution in [-0.2, 0) is 0 Å². The van der Waals surface area contributed by atoms with Crippen LogP contribution < -0.4 is 4.74 Å². The Morgan fingerprint density at radius 1 is 1.44 bits per heavy atom. The number of hydrogen-bond donors (Lipinski definition) is 1. The zero-order chi connectivity index (χ0) is 12.3. The summed E-state index contributed by atoms with van der Waals surface area (Å²) in [7, 11) is 0. The first kappa shape index (κ1) is 13.0. The average Bonchev–Trinajstić information content (AvgIpc) is 2.17. The molecule has 0 atom stereocenters. The molecular weight excluding hydrogens is 287 g/mol. The Morgan fingerprint density at radius 3 is 2.56 bits per heavy atom. The number of benzene rings is 1. The number of rotatable bonds is 3. The van der Waals surface area contributed by atoms with E-state index in [2.05, 4.69) is 20.7 Å². The number of nitrogens with one attached hydrogen (secondary N) is 1. The zero-order valence-electron chi connectivity index (χ0n) is 8.36. The number of aryl methyl sites for hydroxylation is 1. The Kier molecular flexibility index (Phi) is 3.96. The van der Waals surface area contributed by atoms with E-state index in [1.807, 2.05) is 0 Å². The molecule has 0 bridgehead atoms. The molecule has 0 heterocycles. The molecule has 1 aromatic carbocycles. The van der Waals surface area contributed by atoms with Gasteiger partial charge in [-0.05, 0) is 34.5 Å². The molecule has 6 heteroatoms. The van der Waals surface area contributed by atoms with Crippen molar-refractivity contribution in [3.8, 4) is 5.75 Å². The minimum Gasteiger partial charge on any atom is -0.482 e. The highest BCUT2D eigenvalue weighted by Gasteiger charge is 2.29. The maximum Gasteiger partial charge on any atom is 0.422 e. The maximum atomic E-state index is 12.0. The number of halogens is 4. The summed E-state index contributed by atoms with van der Waals surface area (Å²) in [5.74, 6) is 0.0484. The fraction of sp³-hybridized carbons (Fsp3) is 0.300. The SMILES string of the molecule is Cc1ccc(Br)c(OCC(F)(F)F)c1C=N. The number of hydrogen-bond acceptors (Lipinski definition) is 2. The Bertz CT molecular complexity index is 404. The van der Waals surface area contributed by atoms with Gasteiger partial charge in [-0.25, -0.2) is 0 Å². The summed E-state index contributed by atoms with van der Waals surface area (Å²) in [6.07, 6.45) is -3.41. The summed E-state index contributed by atoms with van der Waals surface area (Å²) in [4.78, 5) is 0. The molecule has 0 fully saturated rings. The highest BCUT2D eigenvalue weighted by molar-refractivity contribution is 9.10. The highest BCUT2D eigenvalue weighted by Crippen LogP contribution is 2.31. The third-order valence-corrected chi connectivity index (χ3v) is 2.52. The minimum absolute atomic E-state index is 0.0484. The summed E-state index contributed by atoms with van der Waals surface area (Å²) >= 11 is 3.09. The van der Waals surface area contributed by atoms with Gasteiger partial charge in [0, 0.05) is 11.8 Å². The molecule has 0 aliphatic rings. The fourth-order valence-electron chi connectivity index (χ4n) is 1.15. The molecule has 0 aromatic heterocycles. The Balaban J connectivity index is 3.02. The van der Waals surface area contributed by atoms with E-state index >= 15 is 0 Å². The van der Waals surface area contributed by atoms with Crippen LogP contribution in [0.15, 0.2) is 16.6 Å². The zero-order valence-corrected chi connectivity index (χ0v) is 9.95. The maximum absolute atomic E-state index is 12.0. The lowest BCUT2D eigenvalue weighted by Crippen LogP contribution is -2.20. The molecule has 0 aliphatic heterocycles. The predicted molar refractivity (Wildman–Crippen MR) is 58.3 cm³/mol. The van der Waals surface area contributed by atoms with Crippen molar-refractivity contribution in [1.82, 2.24) is 0 Å². The molecule has 0 spiro atoms. The van der Waals surface area contributed by atoms with Crippen molar-refractivity contribution in [3.05, 3.63) is 27.7 Å². The first-order chi connectivity index (χ1) is 7.35. The molecule has 0 saturated carbocycles. The van der Waals surface area contributed by atoms with Crippen LogP contribution in [0.1, 0.15) is 11.1 Å². The van der Waals surface area contributed by atoms with E-state index in [-0.39, 0.29) is 5.75 Å². The molecular formula is C10H9BrF3NO. The fourth-order valence-corrected chi connectivity index (χ4v) is 1.61. The molecule has 0 unspecified atom stereocenters. The van der Waals surface area contributed by atoms with E-state index in [0.717, 1.165) is 6.21 Å². The van der Waals surface area contributed by atoms with Gasteiger partial charge in [-0.2, -0.15) is 13.2 Å². The van der Waals surface area contributed by atoms with Crippen LogP contribution in [-0.4, -0.2) is 19.0 Å². The Hall–Kier alpha value is -1.04. The number of ether oxygens (including phenoxy) is 1. The van der Waals surface area contributed by atoms with Gasteiger partial charge in [0.1, 0.15) is 5.75 Å². The third-order valence-electron chi connectivity index (χ3n) is 1.89. The number of alkyl halides is 3. The highest BCUT2D eigenvalue weighted by atomic mass is 79.9. The van der Waals surface area contributed by atoms with E-state index < -0.39 is 12.8 Å². The molecule has 88 valence electrons. The molecule has 0 radical (unpaired) electrons. The van der Waals surface area contributed by atoms with Crippen LogP contribution in [0.4, 0.5) is 13.2 Å². The molecule has 0 amide bonds. The summed E-state index contributed by atoms with van der Waals surface area (Å²) in [5.41, 5.74) is 1.04. The average molecular weight is 296 g/mol. The lowest BCUT2D eigenvalue weighted by atomic mass is 10.1. The van der Waals surface area contributed by atoms with Crippen molar-refractivity contribution in [2.75, 3.05) is 6.61 Å². The van der Waals surface area contributed by atoms with Crippen LogP contribution in [0.5, 0.6) is 5.75 Å². The van der Waals surface area contributed by atoms with Gasteiger partial charge in [0.25, 0.3) is 0 Å². The second-order valence-electron chi connectivity index (χ2n) is 3.16. The van der Waals surface area contributed by atoms with Gasteiger partial charge in [-0.15, -0.1) is 0 Å². The molecule has 1 rings (SSSR count). The molecule has 2 nitrogen and oxygen atoms in total. The summed E-state index contributed by atoms with van der Waals surface area (Å²) in [5, 5.41) is 7.15. The first-order valence-electron chi connectivity index (χ1n) is 4.34. The van der Waals surface area contributed by atoms with Gasteiger partial charge in [0.15, 0.2) is 6.61 Å². The Labute approximate surface area is 99.1 Å². The van der Waals surface area contributed by atoms with Gasteiger partial charge >= 0.3 is 6.18 Å². The van der Waals surface area contributed by atoms with Crippen molar-refractivity contribution in [3.63, 3.8) is 0 Å². The van der Waals surface area contributed by atoms with Crippen molar-refractivity contribution < 1.29 is 17.9 Å². The van der Waals surface area contributed by atoms with Crippen LogP contribution >= 0.6 is 15.9 Å². The lowest BCUT2D eigenvalue weighted by Gasteiger charge is -2.14. The summed E-state index contributed by atoms with van der Waals surface area (Å²) in [6.45, 7) is 0.336. The topological polar surface area (TPSA) is 33.1 Å². The predicted octanol–water partition coefficient (Wildman–Crippen LogP) is 3.70. The van der Waals surface area contributed by atoms with Gasteiger partial charge < -0.3 is 10.1 Å². The van der Waals surface area contributed by atoms with Crippen molar-refractivity contribution in [1.29, 1.82) is 5.41 Å². The van der Waals surface area contributed by atoms with E-state index in [9.17, 15) is 13.2 Å². The minimum atomic E-state index is -4.39. The normalized spacial score (nSPS) is 11.3. The molecule has 1 N–H and O–H groups in total. The van der Waals surface area contributed by atoms with Crippen LogP contribution in [0, 0.1) is 12.3 Å². The monoisotopic (exact) mass is 295 g/mol. The smallest absolute Gasteiger partial charge is 0.422 e. The quantitative estimate of drug-likeness (QED) is 0.848. The van der Waals surface area contributed by atoms with Gasteiger partial charge in [0.05, 0.1) is 4.47 Å². The molecule has 1 aromatic rings. The third kappa shape index (κ3) is 3.23. The molecule has 0 aliphatic carbocycles. The van der Waals surface area contributed by atoms with Crippen molar-refractivity contribution in [2.24, 2.45) is 0 Å². The van der Waals surface area contributed by atoms with Crippen LogP contribution in [0.25, 0.3) is 0 Å². The standard InChI is InChI=1S/C10H9BrF3NO/c1-6-2-3-8(11)9(7(6)4-15)16-5-10(12,13)14/h2-4,15H,5H2,1H3. The second kappa shape index (κ2) is 4.86. The van der Waals surface area contributed by atoms with Gasteiger partial charge in [-0.3, -0.25) is 0 Å². The van der Waals surface area contributed by atoms with Gasteiger partial charge in [-0.1, -0.05) is 6.07 Å². The van der Waals surface area contributed by atoms with E-state index in [0.29, 0.717) is 15.6 Å². The van der Waals surface area contributed by atoms with E-state index in [4.69, 9.17) is 5.41 Å². The lowest BCUT2D eigenvalue weighted by molar-refractivity contribution is -0.153.